The van der Waals surface area contributed by atoms with Crippen molar-refractivity contribution in [2.75, 3.05) is 19.6 Å². The zero-order chi connectivity index (χ0) is 13.8. The quantitative estimate of drug-likeness (QED) is 0.790. The summed E-state index contributed by atoms with van der Waals surface area (Å²) in [5.41, 5.74) is 6.00. The number of carbonyl (C=O) groups is 1. The highest BCUT2D eigenvalue weighted by molar-refractivity contribution is 7.10. The molecule has 0 bridgehead atoms. The van der Waals surface area contributed by atoms with Crippen molar-refractivity contribution in [2.24, 2.45) is 11.7 Å². The molecule has 102 valence electrons. The van der Waals surface area contributed by atoms with Gasteiger partial charge in [0, 0.05) is 24.4 Å². The van der Waals surface area contributed by atoms with Crippen molar-refractivity contribution in [3.63, 3.8) is 0 Å². The Kier molecular flexibility index (Phi) is 4.59. The van der Waals surface area contributed by atoms with Crippen molar-refractivity contribution in [1.29, 1.82) is 0 Å². The zero-order valence-electron chi connectivity index (χ0n) is 10.9. The first kappa shape index (κ1) is 14.1. The molecule has 4 nitrogen and oxygen atoms in total. The second-order valence-corrected chi connectivity index (χ2v) is 5.66. The Labute approximate surface area is 117 Å². The van der Waals surface area contributed by atoms with Crippen molar-refractivity contribution in [3.8, 4) is 11.8 Å². The van der Waals surface area contributed by atoms with Crippen molar-refractivity contribution < 1.29 is 9.90 Å². The molecule has 19 heavy (non-hydrogen) atoms. The number of likely N-dealkylation sites (tertiary alicyclic amines) is 1. The van der Waals surface area contributed by atoms with Gasteiger partial charge < -0.3 is 15.7 Å². The summed E-state index contributed by atoms with van der Waals surface area (Å²) in [5, 5.41) is 11.4. The summed E-state index contributed by atoms with van der Waals surface area (Å²) < 4.78 is 0. The maximum atomic E-state index is 12.3. The molecule has 0 saturated carbocycles. The SMILES string of the molecule is CC(O)C1CCN(C(=O)c2csc(C#CCN)c2)C1. The number of amides is 1. The number of rotatable bonds is 2. The number of aliphatic hydroxyl groups is 1. The molecule has 0 radical (unpaired) electrons. The van der Waals surface area contributed by atoms with Crippen LogP contribution in [0, 0.1) is 17.8 Å². The number of nitrogens with two attached hydrogens (primary N) is 1. The molecule has 1 amide bonds. The van der Waals surface area contributed by atoms with Gasteiger partial charge in [-0.05, 0) is 19.4 Å². The van der Waals surface area contributed by atoms with E-state index < -0.39 is 0 Å². The van der Waals surface area contributed by atoms with Gasteiger partial charge >= 0.3 is 0 Å². The molecular weight excluding hydrogens is 260 g/mol. The second kappa shape index (κ2) is 6.20. The summed E-state index contributed by atoms with van der Waals surface area (Å²) in [6, 6.07) is 1.81. The predicted molar refractivity (Wildman–Crippen MR) is 75.9 cm³/mol. The van der Waals surface area contributed by atoms with Crippen LogP contribution in [0.2, 0.25) is 0 Å². The first-order valence-electron chi connectivity index (χ1n) is 6.36. The number of nitrogens with zero attached hydrogens (tertiary/aromatic N) is 1. The summed E-state index contributed by atoms with van der Waals surface area (Å²) in [5.74, 6) is 5.93. The third-order valence-corrected chi connectivity index (χ3v) is 4.20. The fourth-order valence-electron chi connectivity index (χ4n) is 2.20. The van der Waals surface area contributed by atoms with E-state index in [9.17, 15) is 9.90 Å². The van der Waals surface area contributed by atoms with Crippen LogP contribution in [-0.4, -0.2) is 41.7 Å². The number of thiophene rings is 1. The minimum absolute atomic E-state index is 0.0280. The number of carbonyl (C=O) groups excluding carboxylic acids is 1. The van der Waals surface area contributed by atoms with E-state index in [1.807, 2.05) is 11.4 Å². The number of hydrogen-bond acceptors (Lipinski definition) is 4. The van der Waals surface area contributed by atoms with Gasteiger partial charge in [-0.3, -0.25) is 4.79 Å². The highest BCUT2D eigenvalue weighted by Crippen LogP contribution is 2.23. The molecule has 2 rings (SSSR count). The van der Waals surface area contributed by atoms with E-state index in [0.717, 1.165) is 11.3 Å². The van der Waals surface area contributed by atoms with Gasteiger partial charge in [-0.1, -0.05) is 11.8 Å². The van der Waals surface area contributed by atoms with Gasteiger partial charge in [0.15, 0.2) is 0 Å². The minimum Gasteiger partial charge on any atom is -0.393 e. The summed E-state index contributed by atoms with van der Waals surface area (Å²) in [4.78, 5) is 14.9. The van der Waals surface area contributed by atoms with Crippen LogP contribution in [0.25, 0.3) is 0 Å². The molecule has 3 N–H and O–H groups in total. The molecule has 2 atom stereocenters. The molecule has 1 aromatic rings. The first-order valence-corrected chi connectivity index (χ1v) is 7.24. The Morgan fingerprint density at radius 2 is 2.53 bits per heavy atom. The molecule has 1 fully saturated rings. The maximum Gasteiger partial charge on any atom is 0.254 e. The average Bonchev–Trinajstić information content (AvgIpc) is 3.04. The largest absolute Gasteiger partial charge is 0.393 e. The van der Waals surface area contributed by atoms with Gasteiger partial charge in [0.1, 0.15) is 0 Å². The molecule has 1 aromatic heterocycles. The van der Waals surface area contributed by atoms with Crippen molar-refractivity contribution in [2.45, 2.75) is 19.4 Å². The monoisotopic (exact) mass is 278 g/mol. The molecule has 1 aliphatic rings. The Bertz CT molecular complexity index is 513. The minimum atomic E-state index is -0.355. The molecule has 5 heteroatoms. The van der Waals surface area contributed by atoms with E-state index in [4.69, 9.17) is 5.73 Å². The normalized spacial score (nSPS) is 19.9. The number of aliphatic hydroxyl groups excluding tert-OH is 1. The number of hydrogen-bond donors (Lipinski definition) is 2. The maximum absolute atomic E-state index is 12.3. The zero-order valence-corrected chi connectivity index (χ0v) is 11.7. The van der Waals surface area contributed by atoms with Gasteiger partial charge in [-0.15, -0.1) is 11.3 Å². The Balaban J connectivity index is 2.02. The molecule has 1 aliphatic heterocycles. The summed E-state index contributed by atoms with van der Waals surface area (Å²) in [6.45, 7) is 3.46. The van der Waals surface area contributed by atoms with Crippen molar-refractivity contribution in [1.82, 2.24) is 4.90 Å². The summed E-state index contributed by atoms with van der Waals surface area (Å²) in [7, 11) is 0. The lowest BCUT2D eigenvalue weighted by atomic mass is 10.0. The first-order chi connectivity index (χ1) is 9.11. The van der Waals surface area contributed by atoms with E-state index >= 15 is 0 Å². The fraction of sp³-hybridized carbons (Fsp3) is 0.500. The molecule has 2 unspecified atom stereocenters. The lowest BCUT2D eigenvalue weighted by Crippen LogP contribution is -2.30. The van der Waals surface area contributed by atoms with Crippen molar-refractivity contribution in [3.05, 3.63) is 21.9 Å². The van der Waals surface area contributed by atoms with Crippen LogP contribution in [0.5, 0.6) is 0 Å². The van der Waals surface area contributed by atoms with Gasteiger partial charge in [0.25, 0.3) is 5.91 Å². The Morgan fingerprint density at radius 1 is 1.74 bits per heavy atom. The van der Waals surface area contributed by atoms with Gasteiger partial charge in [0.2, 0.25) is 0 Å². The highest BCUT2D eigenvalue weighted by Gasteiger charge is 2.29. The average molecular weight is 278 g/mol. The van der Waals surface area contributed by atoms with E-state index in [-0.39, 0.29) is 17.9 Å². The van der Waals surface area contributed by atoms with Gasteiger partial charge in [-0.25, -0.2) is 0 Å². The molecular formula is C14H18N2O2S. The van der Waals surface area contributed by atoms with Crippen LogP contribution in [0.4, 0.5) is 0 Å². The van der Waals surface area contributed by atoms with Crippen LogP contribution in [0.1, 0.15) is 28.6 Å². The van der Waals surface area contributed by atoms with Crippen molar-refractivity contribution >= 4 is 17.2 Å². The van der Waals surface area contributed by atoms with Crippen LogP contribution >= 0.6 is 11.3 Å². The topological polar surface area (TPSA) is 66.6 Å². The second-order valence-electron chi connectivity index (χ2n) is 4.75. The van der Waals surface area contributed by atoms with E-state index in [1.165, 1.54) is 11.3 Å². The standard InChI is InChI=1S/C14H18N2O2S/c1-10(17)11-4-6-16(8-11)14(18)12-7-13(19-9-12)3-2-5-15/h7,9-11,17H,4-6,8,15H2,1H3. The highest BCUT2D eigenvalue weighted by atomic mass is 32.1. The third-order valence-electron chi connectivity index (χ3n) is 3.35. The summed E-state index contributed by atoms with van der Waals surface area (Å²) >= 11 is 1.46. The molecule has 0 aliphatic carbocycles. The smallest absolute Gasteiger partial charge is 0.254 e. The molecule has 2 heterocycles. The Hall–Kier alpha value is -1.35. The van der Waals surface area contributed by atoms with Crippen LogP contribution in [0.3, 0.4) is 0 Å². The van der Waals surface area contributed by atoms with E-state index in [2.05, 4.69) is 11.8 Å². The van der Waals surface area contributed by atoms with Crippen LogP contribution < -0.4 is 5.73 Å². The fourth-order valence-corrected chi connectivity index (χ4v) is 2.95. The third kappa shape index (κ3) is 3.35. The lowest BCUT2D eigenvalue weighted by molar-refractivity contribution is 0.0763. The van der Waals surface area contributed by atoms with Crippen LogP contribution in [-0.2, 0) is 0 Å². The molecule has 0 aromatic carbocycles. The Morgan fingerprint density at radius 3 is 3.16 bits per heavy atom. The van der Waals surface area contributed by atoms with Gasteiger partial charge in [0.05, 0.1) is 23.1 Å². The summed E-state index contributed by atoms with van der Waals surface area (Å²) in [6.07, 6.45) is 0.513. The van der Waals surface area contributed by atoms with Gasteiger partial charge in [-0.2, -0.15) is 0 Å². The molecule has 1 saturated heterocycles. The lowest BCUT2D eigenvalue weighted by Gasteiger charge is -2.16. The predicted octanol–water partition coefficient (Wildman–Crippen LogP) is 0.901. The molecule has 0 spiro atoms. The van der Waals surface area contributed by atoms with E-state index in [0.29, 0.717) is 25.2 Å². The van der Waals surface area contributed by atoms with E-state index in [1.54, 1.807) is 11.8 Å². The van der Waals surface area contributed by atoms with Crippen LogP contribution in [0.15, 0.2) is 11.4 Å².